The standard InChI is InChI=1S/C20H24F2O3S/c1-15-13-17(26(24,25)12-6-4-2-3-5-11-23)8-10-18(15)19-9-7-16(21)14-20(19)22/h7-10,13-14,23H,2-6,11-12H2,1H3. The summed E-state index contributed by atoms with van der Waals surface area (Å²) in [5.41, 5.74) is 1.42. The van der Waals surface area contributed by atoms with Gasteiger partial charge in [0.05, 0.1) is 10.6 Å². The van der Waals surface area contributed by atoms with Crippen molar-refractivity contribution in [2.75, 3.05) is 12.4 Å². The number of aliphatic hydroxyl groups is 1. The van der Waals surface area contributed by atoms with Crippen molar-refractivity contribution in [3.8, 4) is 11.1 Å². The van der Waals surface area contributed by atoms with Crippen molar-refractivity contribution < 1.29 is 22.3 Å². The van der Waals surface area contributed by atoms with E-state index in [2.05, 4.69) is 0 Å². The Labute approximate surface area is 153 Å². The highest BCUT2D eigenvalue weighted by Crippen LogP contribution is 2.29. The molecule has 0 radical (unpaired) electrons. The number of aliphatic hydroxyl groups excluding tert-OH is 1. The van der Waals surface area contributed by atoms with Crippen molar-refractivity contribution in [3.05, 3.63) is 53.6 Å². The zero-order valence-electron chi connectivity index (χ0n) is 14.8. The highest BCUT2D eigenvalue weighted by Gasteiger charge is 2.16. The predicted octanol–water partition coefficient (Wildman–Crippen LogP) is 4.66. The van der Waals surface area contributed by atoms with Gasteiger partial charge in [0.2, 0.25) is 0 Å². The van der Waals surface area contributed by atoms with Crippen LogP contribution in [0.5, 0.6) is 0 Å². The first-order chi connectivity index (χ1) is 12.3. The lowest BCUT2D eigenvalue weighted by Crippen LogP contribution is -2.07. The number of aryl methyl sites for hydroxylation is 1. The second kappa shape index (κ2) is 9.24. The molecule has 0 aromatic heterocycles. The topological polar surface area (TPSA) is 54.4 Å². The molecule has 0 saturated carbocycles. The Hall–Kier alpha value is -1.79. The number of unbranched alkanes of at least 4 members (excludes halogenated alkanes) is 4. The van der Waals surface area contributed by atoms with Crippen LogP contribution < -0.4 is 0 Å². The van der Waals surface area contributed by atoms with Gasteiger partial charge >= 0.3 is 0 Å². The molecule has 142 valence electrons. The predicted molar refractivity (Wildman–Crippen MR) is 98.8 cm³/mol. The number of hydrogen-bond acceptors (Lipinski definition) is 3. The van der Waals surface area contributed by atoms with Crippen LogP contribution in [0.2, 0.25) is 0 Å². The molecule has 0 bridgehead atoms. The van der Waals surface area contributed by atoms with Gasteiger partial charge in [0, 0.05) is 18.2 Å². The van der Waals surface area contributed by atoms with Gasteiger partial charge in [-0.3, -0.25) is 0 Å². The maximum atomic E-state index is 14.0. The van der Waals surface area contributed by atoms with Gasteiger partial charge in [-0.15, -0.1) is 0 Å². The van der Waals surface area contributed by atoms with E-state index in [1.165, 1.54) is 18.2 Å². The summed E-state index contributed by atoms with van der Waals surface area (Å²) >= 11 is 0. The minimum atomic E-state index is -3.39. The van der Waals surface area contributed by atoms with Gasteiger partial charge < -0.3 is 5.11 Å². The first-order valence-electron chi connectivity index (χ1n) is 8.75. The molecule has 0 aliphatic heterocycles. The average Bonchev–Trinajstić information content (AvgIpc) is 2.58. The van der Waals surface area contributed by atoms with E-state index in [1.54, 1.807) is 19.1 Å². The van der Waals surface area contributed by atoms with Crippen molar-refractivity contribution in [2.45, 2.75) is 43.9 Å². The Kier molecular flexibility index (Phi) is 7.29. The van der Waals surface area contributed by atoms with Crippen LogP contribution >= 0.6 is 0 Å². The average molecular weight is 382 g/mol. The summed E-state index contributed by atoms with van der Waals surface area (Å²) in [6, 6.07) is 7.94. The third-order valence-corrected chi connectivity index (χ3v) is 6.15. The summed E-state index contributed by atoms with van der Waals surface area (Å²) in [6.45, 7) is 1.88. The molecule has 2 aromatic rings. The summed E-state index contributed by atoms with van der Waals surface area (Å²) in [4.78, 5) is 0.219. The second-order valence-electron chi connectivity index (χ2n) is 6.41. The van der Waals surface area contributed by atoms with Crippen molar-refractivity contribution >= 4 is 9.84 Å². The van der Waals surface area contributed by atoms with Gasteiger partial charge in [0.15, 0.2) is 9.84 Å². The van der Waals surface area contributed by atoms with E-state index >= 15 is 0 Å². The van der Waals surface area contributed by atoms with Crippen molar-refractivity contribution in [1.29, 1.82) is 0 Å². The lowest BCUT2D eigenvalue weighted by molar-refractivity contribution is 0.282. The molecule has 0 fully saturated rings. The van der Waals surface area contributed by atoms with Crippen LogP contribution in [0.1, 0.15) is 37.7 Å². The van der Waals surface area contributed by atoms with E-state index in [-0.39, 0.29) is 22.8 Å². The quantitative estimate of drug-likeness (QED) is 0.642. The highest BCUT2D eigenvalue weighted by atomic mass is 32.2. The van der Waals surface area contributed by atoms with E-state index in [4.69, 9.17) is 5.11 Å². The lowest BCUT2D eigenvalue weighted by atomic mass is 10.0. The van der Waals surface area contributed by atoms with E-state index in [9.17, 15) is 17.2 Å². The zero-order valence-corrected chi connectivity index (χ0v) is 15.7. The summed E-state index contributed by atoms with van der Waals surface area (Å²) in [5.74, 6) is -1.26. The second-order valence-corrected chi connectivity index (χ2v) is 8.52. The number of hydrogen-bond donors (Lipinski definition) is 1. The fourth-order valence-corrected chi connectivity index (χ4v) is 4.34. The van der Waals surface area contributed by atoms with Crippen LogP contribution in [-0.2, 0) is 9.84 Å². The third kappa shape index (κ3) is 5.35. The van der Waals surface area contributed by atoms with E-state index in [0.29, 0.717) is 17.5 Å². The van der Waals surface area contributed by atoms with Crippen LogP contribution in [0.25, 0.3) is 11.1 Å². The fourth-order valence-electron chi connectivity index (χ4n) is 2.89. The van der Waals surface area contributed by atoms with E-state index in [1.807, 2.05) is 0 Å². The molecule has 0 amide bonds. The van der Waals surface area contributed by atoms with Crippen molar-refractivity contribution in [1.82, 2.24) is 0 Å². The first kappa shape index (κ1) is 20.5. The molecule has 0 saturated heterocycles. The summed E-state index contributed by atoms with van der Waals surface area (Å²) in [7, 11) is -3.39. The third-order valence-electron chi connectivity index (χ3n) is 4.35. The maximum Gasteiger partial charge on any atom is 0.178 e. The van der Waals surface area contributed by atoms with Crippen LogP contribution in [0, 0.1) is 18.6 Å². The first-order valence-corrected chi connectivity index (χ1v) is 10.4. The van der Waals surface area contributed by atoms with Crippen molar-refractivity contribution in [3.63, 3.8) is 0 Å². The number of benzene rings is 2. The molecule has 0 spiro atoms. The van der Waals surface area contributed by atoms with Crippen LogP contribution in [0.15, 0.2) is 41.3 Å². The molecule has 0 aliphatic carbocycles. The Balaban J connectivity index is 2.10. The summed E-state index contributed by atoms with van der Waals surface area (Å²) in [5, 5.41) is 8.72. The molecule has 0 heterocycles. The SMILES string of the molecule is Cc1cc(S(=O)(=O)CCCCCCCO)ccc1-c1ccc(F)cc1F. The molecule has 3 nitrogen and oxygen atoms in total. The molecule has 2 rings (SSSR count). The molecule has 0 atom stereocenters. The Bertz CT molecular complexity index is 848. The largest absolute Gasteiger partial charge is 0.396 e. The molecule has 0 unspecified atom stereocenters. The minimum Gasteiger partial charge on any atom is -0.396 e. The van der Waals surface area contributed by atoms with Gasteiger partial charge in [-0.1, -0.05) is 25.3 Å². The summed E-state index contributed by atoms with van der Waals surface area (Å²) in [6.07, 6.45) is 3.91. The molecular weight excluding hydrogens is 358 g/mol. The van der Waals surface area contributed by atoms with Gasteiger partial charge in [-0.05, 0) is 55.2 Å². The summed E-state index contributed by atoms with van der Waals surface area (Å²) < 4.78 is 52.0. The molecule has 2 aromatic carbocycles. The number of sulfone groups is 1. The molecule has 0 aliphatic rings. The van der Waals surface area contributed by atoms with Gasteiger partial charge in [-0.25, -0.2) is 17.2 Å². The van der Waals surface area contributed by atoms with Gasteiger partial charge in [-0.2, -0.15) is 0 Å². The zero-order chi connectivity index (χ0) is 19.2. The van der Waals surface area contributed by atoms with E-state index < -0.39 is 21.5 Å². The van der Waals surface area contributed by atoms with Gasteiger partial charge in [0.25, 0.3) is 0 Å². The molecule has 6 heteroatoms. The number of halogens is 2. The molecule has 1 N–H and O–H groups in total. The lowest BCUT2D eigenvalue weighted by Gasteiger charge is -2.11. The smallest absolute Gasteiger partial charge is 0.178 e. The molecular formula is C20H24F2O3S. The molecule has 26 heavy (non-hydrogen) atoms. The number of rotatable bonds is 9. The Morgan fingerprint density at radius 1 is 0.885 bits per heavy atom. The highest BCUT2D eigenvalue weighted by molar-refractivity contribution is 7.91. The monoisotopic (exact) mass is 382 g/mol. The van der Waals surface area contributed by atoms with Crippen molar-refractivity contribution in [2.24, 2.45) is 0 Å². The van der Waals surface area contributed by atoms with Crippen LogP contribution in [0.4, 0.5) is 8.78 Å². The Morgan fingerprint density at radius 3 is 2.19 bits per heavy atom. The van der Waals surface area contributed by atoms with E-state index in [0.717, 1.165) is 31.7 Å². The Morgan fingerprint density at radius 2 is 1.54 bits per heavy atom. The fraction of sp³-hybridized carbons (Fsp3) is 0.400. The van der Waals surface area contributed by atoms with Gasteiger partial charge in [0.1, 0.15) is 11.6 Å². The normalized spacial score (nSPS) is 11.7. The van der Waals surface area contributed by atoms with Crippen LogP contribution in [-0.4, -0.2) is 25.9 Å². The van der Waals surface area contributed by atoms with Crippen LogP contribution in [0.3, 0.4) is 0 Å². The minimum absolute atomic E-state index is 0.0653. The maximum absolute atomic E-state index is 14.0.